The molecule has 0 amide bonds. The molecule has 0 spiro atoms. The second-order valence-electron chi connectivity index (χ2n) is 2.86. The van der Waals surface area contributed by atoms with Crippen molar-refractivity contribution in [3.05, 3.63) is 29.8 Å². The first-order valence-corrected chi connectivity index (χ1v) is 4.11. The van der Waals surface area contributed by atoms with Crippen LogP contribution >= 0.6 is 0 Å². The predicted molar refractivity (Wildman–Crippen MR) is 45.5 cm³/mol. The second kappa shape index (κ2) is 4.30. The molecule has 0 saturated heterocycles. The summed E-state index contributed by atoms with van der Waals surface area (Å²) in [6, 6.07) is 1.16. The first-order chi connectivity index (χ1) is 6.15. The van der Waals surface area contributed by atoms with Gasteiger partial charge < -0.3 is 10.2 Å². The fourth-order valence-electron chi connectivity index (χ4n) is 1.04. The zero-order chi connectivity index (χ0) is 9.84. The number of pyridine rings is 1. The molecule has 0 aliphatic carbocycles. The number of aliphatic hydroxyl groups is 2. The van der Waals surface area contributed by atoms with E-state index in [9.17, 15) is 14.6 Å². The van der Waals surface area contributed by atoms with Crippen LogP contribution < -0.4 is 0 Å². The summed E-state index contributed by atoms with van der Waals surface area (Å²) in [5.74, 6) is -0.514. The van der Waals surface area contributed by atoms with Crippen LogP contribution in [0.1, 0.15) is 25.0 Å². The zero-order valence-corrected chi connectivity index (χ0v) is 7.31. The normalized spacial score (nSPS) is 15.4. The molecule has 0 aliphatic rings. The Morgan fingerprint density at radius 1 is 1.46 bits per heavy atom. The largest absolute Gasteiger partial charge is 0.390 e. The fourth-order valence-corrected chi connectivity index (χ4v) is 1.04. The van der Waals surface area contributed by atoms with Crippen molar-refractivity contribution in [1.29, 1.82) is 0 Å². The van der Waals surface area contributed by atoms with Crippen LogP contribution in [0.25, 0.3) is 0 Å². The van der Waals surface area contributed by atoms with Crippen molar-refractivity contribution in [2.75, 3.05) is 0 Å². The van der Waals surface area contributed by atoms with E-state index in [1.165, 1.54) is 6.20 Å². The number of halogens is 1. The molecule has 1 aromatic rings. The van der Waals surface area contributed by atoms with Crippen molar-refractivity contribution in [3.8, 4) is 0 Å². The van der Waals surface area contributed by atoms with Gasteiger partial charge in [-0.05, 0) is 12.5 Å². The second-order valence-corrected chi connectivity index (χ2v) is 2.86. The summed E-state index contributed by atoms with van der Waals surface area (Å²) in [6.45, 7) is 1.74. The molecule has 0 aromatic carbocycles. The van der Waals surface area contributed by atoms with Crippen molar-refractivity contribution in [2.24, 2.45) is 0 Å². The Labute approximate surface area is 75.9 Å². The molecule has 1 rings (SSSR count). The molecule has 0 fully saturated rings. The summed E-state index contributed by atoms with van der Waals surface area (Å²) in [7, 11) is 0. The third kappa shape index (κ3) is 2.47. The van der Waals surface area contributed by atoms with Gasteiger partial charge in [0.25, 0.3) is 0 Å². The van der Waals surface area contributed by atoms with Gasteiger partial charge in [-0.1, -0.05) is 6.92 Å². The first kappa shape index (κ1) is 10.1. The Hall–Kier alpha value is -1.00. The Morgan fingerprint density at radius 3 is 2.69 bits per heavy atom. The lowest BCUT2D eigenvalue weighted by Crippen LogP contribution is -2.17. The quantitative estimate of drug-likeness (QED) is 0.739. The minimum absolute atomic E-state index is 0.300. The van der Waals surface area contributed by atoms with E-state index in [-0.39, 0.29) is 0 Å². The Morgan fingerprint density at radius 2 is 2.15 bits per heavy atom. The molecule has 0 bridgehead atoms. The number of nitrogens with zero attached hydrogens (tertiary/aromatic N) is 1. The summed E-state index contributed by atoms with van der Waals surface area (Å²) in [6.07, 6.45) is 0.871. The van der Waals surface area contributed by atoms with Crippen molar-refractivity contribution in [2.45, 2.75) is 25.6 Å². The highest BCUT2D eigenvalue weighted by molar-refractivity contribution is 5.14. The molecule has 2 atom stereocenters. The van der Waals surface area contributed by atoms with Crippen LogP contribution in [0.5, 0.6) is 0 Å². The van der Waals surface area contributed by atoms with Gasteiger partial charge in [0, 0.05) is 11.8 Å². The number of aliphatic hydroxyl groups excluding tert-OH is 2. The molecule has 3 nitrogen and oxygen atoms in total. The van der Waals surface area contributed by atoms with Crippen molar-refractivity contribution < 1.29 is 14.6 Å². The highest BCUT2D eigenvalue weighted by Crippen LogP contribution is 2.18. The van der Waals surface area contributed by atoms with E-state index in [1.54, 1.807) is 6.92 Å². The lowest BCUT2D eigenvalue weighted by atomic mass is 10.0. The predicted octanol–water partition coefficient (Wildman–Crippen LogP) is 1.02. The van der Waals surface area contributed by atoms with Gasteiger partial charge in [-0.15, -0.1) is 0 Å². The smallest absolute Gasteiger partial charge is 0.141 e. The first-order valence-electron chi connectivity index (χ1n) is 4.11. The van der Waals surface area contributed by atoms with E-state index >= 15 is 0 Å². The maximum atomic E-state index is 12.6. The Bertz CT molecular complexity index is 280. The van der Waals surface area contributed by atoms with Gasteiger partial charge >= 0.3 is 0 Å². The van der Waals surface area contributed by atoms with Crippen molar-refractivity contribution in [3.63, 3.8) is 0 Å². The van der Waals surface area contributed by atoms with E-state index < -0.39 is 18.0 Å². The summed E-state index contributed by atoms with van der Waals surface area (Å²) < 4.78 is 12.6. The topological polar surface area (TPSA) is 53.4 Å². The molecule has 13 heavy (non-hydrogen) atoms. The summed E-state index contributed by atoms with van der Waals surface area (Å²) >= 11 is 0. The minimum Gasteiger partial charge on any atom is -0.390 e. The van der Waals surface area contributed by atoms with E-state index in [1.807, 2.05) is 0 Å². The molecule has 0 radical (unpaired) electrons. The summed E-state index contributed by atoms with van der Waals surface area (Å²) in [5.41, 5.74) is 0.300. The molecule has 0 aliphatic heterocycles. The van der Waals surface area contributed by atoms with Crippen molar-refractivity contribution in [1.82, 2.24) is 4.98 Å². The monoisotopic (exact) mass is 185 g/mol. The van der Waals surface area contributed by atoms with Crippen LogP contribution in [0.15, 0.2) is 18.5 Å². The van der Waals surface area contributed by atoms with Gasteiger partial charge in [0.1, 0.15) is 11.9 Å². The third-order valence-corrected chi connectivity index (χ3v) is 1.85. The summed E-state index contributed by atoms with van der Waals surface area (Å²) in [5, 5.41) is 18.7. The van der Waals surface area contributed by atoms with Gasteiger partial charge in [-0.2, -0.15) is 0 Å². The van der Waals surface area contributed by atoms with Crippen LogP contribution in [0.3, 0.4) is 0 Å². The van der Waals surface area contributed by atoms with Gasteiger partial charge in [0.05, 0.1) is 12.3 Å². The van der Waals surface area contributed by atoms with Crippen LogP contribution in [0, 0.1) is 5.82 Å². The Balaban J connectivity index is 2.82. The van der Waals surface area contributed by atoms with E-state index in [4.69, 9.17) is 0 Å². The van der Waals surface area contributed by atoms with Gasteiger partial charge in [-0.25, -0.2) is 4.39 Å². The number of hydrogen-bond acceptors (Lipinski definition) is 3. The van der Waals surface area contributed by atoms with E-state index in [0.717, 1.165) is 12.3 Å². The lowest BCUT2D eigenvalue weighted by Gasteiger charge is -2.15. The zero-order valence-electron chi connectivity index (χ0n) is 7.31. The minimum atomic E-state index is -1.06. The van der Waals surface area contributed by atoms with Crippen LogP contribution in [0.2, 0.25) is 0 Å². The van der Waals surface area contributed by atoms with E-state index in [2.05, 4.69) is 4.98 Å². The summed E-state index contributed by atoms with van der Waals surface area (Å²) in [4.78, 5) is 3.58. The SMILES string of the molecule is CCC(O)C(O)c1cncc(F)c1. The third-order valence-electron chi connectivity index (χ3n) is 1.85. The molecule has 4 heteroatoms. The molecular formula is C9H12FNO2. The van der Waals surface area contributed by atoms with Crippen LogP contribution in [-0.4, -0.2) is 21.3 Å². The molecule has 1 aromatic heterocycles. The highest BCUT2D eigenvalue weighted by atomic mass is 19.1. The molecule has 2 N–H and O–H groups in total. The lowest BCUT2D eigenvalue weighted by molar-refractivity contribution is 0.0161. The van der Waals surface area contributed by atoms with Gasteiger partial charge in [0.15, 0.2) is 0 Å². The maximum Gasteiger partial charge on any atom is 0.141 e. The number of hydrogen-bond donors (Lipinski definition) is 2. The number of aromatic nitrogens is 1. The Kier molecular flexibility index (Phi) is 3.33. The highest BCUT2D eigenvalue weighted by Gasteiger charge is 2.16. The molecule has 1 heterocycles. The molecule has 2 unspecified atom stereocenters. The molecule has 72 valence electrons. The van der Waals surface area contributed by atoms with Crippen LogP contribution in [-0.2, 0) is 0 Å². The van der Waals surface area contributed by atoms with Crippen LogP contribution in [0.4, 0.5) is 4.39 Å². The van der Waals surface area contributed by atoms with E-state index in [0.29, 0.717) is 12.0 Å². The van der Waals surface area contributed by atoms with Gasteiger partial charge in [-0.3, -0.25) is 4.98 Å². The van der Waals surface area contributed by atoms with Gasteiger partial charge in [0.2, 0.25) is 0 Å². The molecule has 0 saturated carbocycles. The average Bonchev–Trinajstić information content (AvgIpc) is 2.15. The molecular weight excluding hydrogens is 173 g/mol. The van der Waals surface area contributed by atoms with Crippen molar-refractivity contribution >= 4 is 0 Å². The number of rotatable bonds is 3. The fraction of sp³-hybridized carbons (Fsp3) is 0.444. The average molecular weight is 185 g/mol. The maximum absolute atomic E-state index is 12.6. The standard InChI is InChI=1S/C9H12FNO2/c1-2-8(12)9(13)6-3-7(10)5-11-4-6/h3-5,8-9,12-13H,2H2,1H3.